The van der Waals surface area contributed by atoms with Crippen LogP contribution in [0.4, 0.5) is 5.69 Å². The first kappa shape index (κ1) is 23.1. The molecule has 1 aromatic heterocycles. The van der Waals surface area contributed by atoms with Crippen molar-refractivity contribution in [3.8, 4) is 28.5 Å². The van der Waals surface area contributed by atoms with Crippen LogP contribution in [0, 0.1) is 0 Å². The molecule has 0 radical (unpaired) electrons. The monoisotopic (exact) mass is 509 g/mol. The lowest BCUT2D eigenvalue weighted by Gasteiger charge is -2.23. The van der Waals surface area contributed by atoms with Gasteiger partial charge in [-0.05, 0) is 40.6 Å². The molecule has 178 valence electrons. The van der Waals surface area contributed by atoms with E-state index < -0.39 is 6.17 Å². The van der Waals surface area contributed by atoms with Gasteiger partial charge in [0, 0.05) is 15.9 Å². The molecule has 3 N–H and O–H groups in total. The van der Waals surface area contributed by atoms with E-state index in [4.69, 9.17) is 26.2 Å². The van der Waals surface area contributed by atoms with Crippen LogP contribution in [0.25, 0.3) is 11.3 Å². The predicted octanol–water partition coefficient (Wildman–Crippen LogP) is 4.37. The average Bonchev–Trinajstić information content (AvgIpc) is 2.87. The number of aromatic hydroxyl groups is 1. The molecule has 3 aromatic carbocycles. The van der Waals surface area contributed by atoms with Crippen LogP contribution >= 0.6 is 23.4 Å². The Kier molecular flexibility index (Phi) is 6.27. The molecule has 0 saturated carbocycles. The Morgan fingerprint density at radius 3 is 2.49 bits per heavy atom. The zero-order valence-corrected chi connectivity index (χ0v) is 20.5. The third-order valence-corrected chi connectivity index (χ3v) is 7.00. The molecule has 0 aliphatic carbocycles. The number of rotatable bonds is 6. The lowest BCUT2D eigenvalue weighted by Crippen LogP contribution is -2.55. The molecule has 2 heterocycles. The Bertz CT molecular complexity index is 1450. The number of aromatic amines is 1. The molecule has 5 rings (SSSR count). The van der Waals surface area contributed by atoms with Crippen molar-refractivity contribution in [1.82, 2.24) is 10.1 Å². The molecule has 0 amide bonds. The Morgan fingerprint density at radius 2 is 1.77 bits per heavy atom. The van der Waals surface area contributed by atoms with E-state index in [2.05, 4.69) is 10.3 Å². The number of hydrogen-bond acceptors (Lipinski definition) is 7. The maximum atomic E-state index is 13.3. The molecule has 1 atom stereocenters. The molecule has 1 aliphatic heterocycles. The number of nitrogens with zero attached hydrogens (tertiary/aromatic N) is 2. The number of hydrogen-bond donors (Lipinski definition) is 3. The van der Waals surface area contributed by atoms with Crippen LogP contribution in [0.5, 0.6) is 17.2 Å². The molecule has 8 nitrogen and oxygen atoms in total. The first-order valence-corrected chi connectivity index (χ1v) is 12.1. The number of halogens is 1. The second kappa shape index (κ2) is 9.52. The summed E-state index contributed by atoms with van der Waals surface area (Å²) in [7, 11) is 2.94. The minimum atomic E-state index is -0.565. The highest BCUT2D eigenvalue weighted by Gasteiger charge is 2.38. The number of para-hydroxylation sites is 1. The fraction of sp³-hybridized carbons (Fsp3) is 0.160. The van der Waals surface area contributed by atoms with Gasteiger partial charge in [-0.25, -0.2) is 0 Å². The number of ether oxygens (including phenoxy) is 2. The lowest BCUT2D eigenvalue weighted by atomic mass is 10.0. The summed E-state index contributed by atoms with van der Waals surface area (Å²) in [6, 6.07) is 18.5. The Morgan fingerprint density at radius 1 is 1.09 bits per heavy atom. The van der Waals surface area contributed by atoms with Crippen molar-refractivity contribution in [3.05, 3.63) is 87.2 Å². The van der Waals surface area contributed by atoms with Crippen molar-refractivity contribution in [2.75, 3.05) is 19.5 Å². The molecule has 10 heteroatoms. The summed E-state index contributed by atoms with van der Waals surface area (Å²) >= 11 is 7.68. The van der Waals surface area contributed by atoms with Crippen molar-refractivity contribution in [2.45, 2.75) is 17.1 Å². The van der Waals surface area contributed by atoms with Gasteiger partial charge < -0.3 is 19.9 Å². The number of anilines is 1. The second-order valence-electron chi connectivity index (χ2n) is 7.80. The highest BCUT2D eigenvalue weighted by atomic mass is 35.5. The van der Waals surface area contributed by atoms with Gasteiger partial charge in [-0.15, -0.1) is 0 Å². The molecule has 0 fully saturated rings. The van der Waals surface area contributed by atoms with Gasteiger partial charge in [-0.2, -0.15) is 0 Å². The number of fused-ring (bicyclic) bond motifs is 3. The summed E-state index contributed by atoms with van der Waals surface area (Å²) in [4.78, 5) is 16.2. The summed E-state index contributed by atoms with van der Waals surface area (Å²) in [6.07, 6.45) is -0.565. The Hall–Kier alpha value is -3.69. The minimum Gasteiger partial charge on any atom is -0.502 e. The number of benzene rings is 3. The molecular weight excluding hydrogens is 488 g/mol. The highest BCUT2D eigenvalue weighted by Crippen LogP contribution is 2.40. The van der Waals surface area contributed by atoms with Crippen molar-refractivity contribution in [2.24, 2.45) is 0 Å². The van der Waals surface area contributed by atoms with E-state index in [1.165, 1.54) is 26.0 Å². The van der Waals surface area contributed by atoms with E-state index in [9.17, 15) is 9.90 Å². The van der Waals surface area contributed by atoms with Gasteiger partial charge >= 0.3 is 11.3 Å². The summed E-state index contributed by atoms with van der Waals surface area (Å²) in [5.74, 6) is 0.938. The zero-order valence-electron chi connectivity index (χ0n) is 18.9. The van der Waals surface area contributed by atoms with Crippen LogP contribution in [0.1, 0.15) is 17.3 Å². The molecule has 0 saturated heterocycles. The standard InChI is InChI=1S/C25H21ClN4O4S/c1-33-19-11-15(12-20(34-2)22(19)31)23-27-18-10-6-4-8-16(18)21-24(32)28-25(29-30(21)23)35-13-14-7-3-5-9-17(14)26/h3-12,23H,13H2,1-2H3,(H2,28,29,31,32)/p+1/t23-/m1/s1. The van der Waals surface area contributed by atoms with Crippen LogP contribution in [-0.2, 0) is 5.75 Å². The Labute approximate surface area is 210 Å². The minimum absolute atomic E-state index is 0.102. The van der Waals surface area contributed by atoms with Crippen LogP contribution in [-0.4, -0.2) is 29.4 Å². The van der Waals surface area contributed by atoms with Gasteiger partial charge in [0.1, 0.15) is 0 Å². The second-order valence-corrected chi connectivity index (χ2v) is 9.17. The number of thioether (sulfide) groups is 1. The summed E-state index contributed by atoms with van der Waals surface area (Å²) in [6.45, 7) is 0. The summed E-state index contributed by atoms with van der Waals surface area (Å²) in [5, 5.41) is 19.7. The molecule has 0 bridgehead atoms. The van der Waals surface area contributed by atoms with E-state index in [1.54, 1.807) is 16.8 Å². The molecule has 35 heavy (non-hydrogen) atoms. The number of nitrogens with one attached hydrogen (secondary N) is 2. The zero-order chi connectivity index (χ0) is 24.5. The van der Waals surface area contributed by atoms with Crippen LogP contribution < -0.4 is 25.0 Å². The van der Waals surface area contributed by atoms with E-state index in [-0.39, 0.29) is 22.8 Å². The van der Waals surface area contributed by atoms with E-state index >= 15 is 0 Å². The topological polar surface area (TPSA) is 100 Å². The lowest BCUT2D eigenvalue weighted by molar-refractivity contribution is -0.759. The number of phenolic OH excluding ortho intramolecular Hbond substituents is 1. The van der Waals surface area contributed by atoms with Gasteiger partial charge in [-0.1, -0.05) is 53.7 Å². The van der Waals surface area contributed by atoms with E-state index in [1.807, 2.05) is 48.5 Å². The maximum absolute atomic E-state index is 13.3. The largest absolute Gasteiger partial charge is 0.502 e. The van der Waals surface area contributed by atoms with Gasteiger partial charge in [0.15, 0.2) is 11.5 Å². The third-order valence-electron chi connectivity index (χ3n) is 5.72. The number of aromatic nitrogens is 3. The third kappa shape index (κ3) is 4.28. The van der Waals surface area contributed by atoms with E-state index in [0.717, 1.165) is 16.8 Å². The Balaban J connectivity index is 1.63. The van der Waals surface area contributed by atoms with Crippen LogP contribution in [0.15, 0.2) is 70.6 Å². The number of methoxy groups -OCH3 is 2. The normalized spacial score (nSPS) is 14.0. The molecule has 0 spiro atoms. The van der Waals surface area contributed by atoms with E-state index in [0.29, 0.717) is 27.2 Å². The van der Waals surface area contributed by atoms with Gasteiger partial charge in [0.25, 0.3) is 6.17 Å². The van der Waals surface area contributed by atoms with Crippen molar-refractivity contribution in [3.63, 3.8) is 0 Å². The van der Waals surface area contributed by atoms with Crippen molar-refractivity contribution in [1.29, 1.82) is 0 Å². The van der Waals surface area contributed by atoms with Crippen LogP contribution in [0.2, 0.25) is 5.02 Å². The van der Waals surface area contributed by atoms with Gasteiger partial charge in [0.2, 0.25) is 10.9 Å². The SMILES string of the molecule is COc1cc([C@@H]2Nc3ccccc3-c3c(=O)[nH]c(SCc4ccccc4Cl)n[n+]32)cc(OC)c1O. The smallest absolute Gasteiger partial charge is 0.325 e. The predicted molar refractivity (Wildman–Crippen MR) is 134 cm³/mol. The fourth-order valence-electron chi connectivity index (χ4n) is 4.01. The maximum Gasteiger partial charge on any atom is 0.325 e. The summed E-state index contributed by atoms with van der Waals surface area (Å²) < 4.78 is 12.4. The first-order valence-electron chi connectivity index (χ1n) is 10.7. The molecular formula is C25H22ClN4O4S+. The first-order chi connectivity index (χ1) is 17.0. The fourth-order valence-corrected chi connectivity index (χ4v) is 5.15. The summed E-state index contributed by atoms with van der Waals surface area (Å²) in [5.41, 5.74) is 3.30. The highest BCUT2D eigenvalue weighted by molar-refractivity contribution is 7.98. The average molecular weight is 510 g/mol. The molecule has 0 unspecified atom stereocenters. The molecule has 1 aliphatic rings. The quantitative estimate of drug-likeness (QED) is 0.262. The van der Waals surface area contributed by atoms with Gasteiger partial charge in [-0.3, -0.25) is 9.78 Å². The number of phenols is 1. The van der Waals surface area contributed by atoms with Gasteiger partial charge in [0.05, 0.1) is 31.0 Å². The van der Waals surface area contributed by atoms with Crippen molar-refractivity contribution < 1.29 is 19.3 Å². The van der Waals surface area contributed by atoms with Crippen LogP contribution in [0.3, 0.4) is 0 Å². The van der Waals surface area contributed by atoms with Crippen molar-refractivity contribution >= 4 is 29.1 Å². The number of H-pyrrole nitrogens is 1. The molecule has 4 aromatic rings.